The van der Waals surface area contributed by atoms with E-state index in [1.165, 1.54) is 19.2 Å². The second-order valence-electron chi connectivity index (χ2n) is 7.54. The fourth-order valence-electron chi connectivity index (χ4n) is 4.13. The summed E-state index contributed by atoms with van der Waals surface area (Å²) in [6, 6.07) is 11.1. The first kappa shape index (κ1) is 21.4. The SMILES string of the molecule is COc1cccc(S(=O)(=O)Nc2ccc3c(c2)[C@H]2C[C@@H](CC(=O)O)O[C@@H](CO)[C@H]2O3)c1. The van der Waals surface area contributed by atoms with E-state index in [9.17, 15) is 18.3 Å². The molecule has 9 nitrogen and oxygen atoms in total. The maximum Gasteiger partial charge on any atom is 0.305 e. The third kappa shape index (κ3) is 4.32. The summed E-state index contributed by atoms with van der Waals surface area (Å²) in [6.07, 6.45) is -1.48. The Morgan fingerprint density at radius 1 is 1.26 bits per heavy atom. The number of rotatable bonds is 7. The molecule has 0 radical (unpaired) electrons. The molecular weight excluding hydrogens is 426 g/mol. The van der Waals surface area contributed by atoms with Gasteiger partial charge in [0.05, 0.1) is 31.1 Å². The lowest BCUT2D eigenvalue weighted by Crippen LogP contribution is -2.46. The zero-order valence-electron chi connectivity index (χ0n) is 16.7. The van der Waals surface area contributed by atoms with Gasteiger partial charge >= 0.3 is 5.97 Å². The number of anilines is 1. The number of carboxylic acids is 1. The van der Waals surface area contributed by atoms with Gasteiger partial charge in [-0.05, 0) is 36.8 Å². The van der Waals surface area contributed by atoms with Crippen LogP contribution in [-0.2, 0) is 19.6 Å². The Hall–Kier alpha value is -2.82. The van der Waals surface area contributed by atoms with Crippen LogP contribution < -0.4 is 14.2 Å². The highest BCUT2D eigenvalue weighted by Crippen LogP contribution is 2.47. The lowest BCUT2D eigenvalue weighted by Gasteiger charge is -2.36. The van der Waals surface area contributed by atoms with Crippen LogP contribution in [0.3, 0.4) is 0 Å². The van der Waals surface area contributed by atoms with Crippen LogP contribution in [0.2, 0.25) is 0 Å². The number of benzene rings is 2. The van der Waals surface area contributed by atoms with Gasteiger partial charge in [-0.1, -0.05) is 6.07 Å². The van der Waals surface area contributed by atoms with E-state index in [1.807, 2.05) is 0 Å². The molecule has 0 amide bonds. The first-order chi connectivity index (χ1) is 14.8. The van der Waals surface area contributed by atoms with Gasteiger partial charge < -0.3 is 24.4 Å². The van der Waals surface area contributed by atoms with E-state index in [0.717, 1.165) is 5.56 Å². The molecule has 2 aliphatic heterocycles. The molecular formula is C21H23NO8S. The zero-order valence-corrected chi connectivity index (χ0v) is 17.5. The van der Waals surface area contributed by atoms with Crippen molar-refractivity contribution in [2.45, 2.75) is 42.0 Å². The lowest BCUT2D eigenvalue weighted by molar-refractivity contribution is -0.153. The number of aliphatic hydroxyl groups excluding tert-OH is 1. The Morgan fingerprint density at radius 3 is 2.77 bits per heavy atom. The number of hydrogen-bond acceptors (Lipinski definition) is 7. The molecule has 1 saturated heterocycles. The summed E-state index contributed by atoms with van der Waals surface area (Å²) in [6.45, 7) is -0.305. The van der Waals surface area contributed by atoms with E-state index in [-0.39, 0.29) is 23.8 Å². The van der Waals surface area contributed by atoms with E-state index in [1.54, 1.807) is 30.3 Å². The quantitative estimate of drug-likeness (QED) is 0.585. The van der Waals surface area contributed by atoms with Gasteiger partial charge in [-0.3, -0.25) is 9.52 Å². The van der Waals surface area contributed by atoms with Crippen molar-refractivity contribution in [3.63, 3.8) is 0 Å². The molecule has 3 N–H and O–H groups in total. The maximum absolute atomic E-state index is 12.8. The van der Waals surface area contributed by atoms with E-state index < -0.39 is 34.3 Å². The van der Waals surface area contributed by atoms with E-state index in [2.05, 4.69) is 4.72 Å². The Morgan fingerprint density at radius 2 is 2.06 bits per heavy atom. The number of sulfonamides is 1. The van der Waals surface area contributed by atoms with Crippen molar-refractivity contribution in [3.8, 4) is 11.5 Å². The second-order valence-corrected chi connectivity index (χ2v) is 9.22. The number of ether oxygens (including phenoxy) is 3. The summed E-state index contributed by atoms with van der Waals surface area (Å²) >= 11 is 0. The minimum Gasteiger partial charge on any atom is -0.497 e. The topological polar surface area (TPSA) is 131 Å². The minimum atomic E-state index is -3.85. The highest BCUT2D eigenvalue weighted by atomic mass is 32.2. The number of fused-ring (bicyclic) bond motifs is 3. The molecule has 2 aliphatic rings. The summed E-state index contributed by atoms with van der Waals surface area (Å²) in [7, 11) is -2.39. The third-order valence-corrected chi connectivity index (χ3v) is 6.88. The number of carboxylic acid groups (broad SMARTS) is 1. The van der Waals surface area contributed by atoms with Crippen LogP contribution >= 0.6 is 0 Å². The van der Waals surface area contributed by atoms with Crippen molar-refractivity contribution in [1.82, 2.24) is 0 Å². The third-order valence-electron chi connectivity index (χ3n) is 5.51. The van der Waals surface area contributed by atoms with E-state index in [4.69, 9.17) is 19.3 Å². The van der Waals surface area contributed by atoms with Gasteiger partial charge in [0, 0.05) is 23.2 Å². The molecule has 0 bridgehead atoms. The summed E-state index contributed by atoms with van der Waals surface area (Å²) in [5, 5.41) is 18.8. The zero-order chi connectivity index (χ0) is 22.2. The van der Waals surface area contributed by atoms with Crippen molar-refractivity contribution in [2.24, 2.45) is 0 Å². The largest absolute Gasteiger partial charge is 0.497 e. The number of aliphatic carboxylic acids is 1. The molecule has 4 rings (SSSR count). The molecule has 166 valence electrons. The average Bonchev–Trinajstić information content (AvgIpc) is 3.10. The lowest BCUT2D eigenvalue weighted by atomic mass is 9.84. The van der Waals surface area contributed by atoms with Crippen LogP contribution in [0.5, 0.6) is 11.5 Å². The van der Waals surface area contributed by atoms with Gasteiger partial charge in [-0.15, -0.1) is 0 Å². The predicted molar refractivity (Wildman–Crippen MR) is 110 cm³/mol. The molecule has 0 aromatic heterocycles. The Bertz CT molecular complexity index is 1090. The molecule has 0 saturated carbocycles. The summed E-state index contributed by atoms with van der Waals surface area (Å²) < 4.78 is 44.9. The fourth-order valence-corrected chi connectivity index (χ4v) is 5.21. The molecule has 10 heteroatoms. The van der Waals surface area contributed by atoms with Gasteiger partial charge in [0.2, 0.25) is 0 Å². The monoisotopic (exact) mass is 449 g/mol. The number of methoxy groups -OCH3 is 1. The van der Waals surface area contributed by atoms with Crippen LogP contribution in [0.15, 0.2) is 47.4 Å². The standard InChI is InChI=1S/C21H23NO8S/c1-28-13-3-2-4-15(8-13)31(26,27)22-12-5-6-18-16(7-12)17-9-14(10-20(24)25)29-19(11-23)21(17)30-18/h2-8,14,17,19,21-23H,9-11H2,1H3,(H,24,25)/t14-,17+,19-,21-/m0/s1. The van der Waals surface area contributed by atoms with Crippen molar-refractivity contribution in [1.29, 1.82) is 0 Å². The first-order valence-corrected chi connectivity index (χ1v) is 11.2. The van der Waals surface area contributed by atoms with E-state index in [0.29, 0.717) is 23.6 Å². The molecule has 0 unspecified atom stereocenters. The van der Waals surface area contributed by atoms with Gasteiger partial charge in [-0.2, -0.15) is 0 Å². The molecule has 2 heterocycles. The van der Waals surface area contributed by atoms with Crippen molar-refractivity contribution in [2.75, 3.05) is 18.4 Å². The summed E-state index contributed by atoms with van der Waals surface area (Å²) in [4.78, 5) is 11.2. The fraction of sp³-hybridized carbons (Fsp3) is 0.381. The smallest absolute Gasteiger partial charge is 0.305 e. The first-order valence-electron chi connectivity index (χ1n) is 9.76. The summed E-state index contributed by atoms with van der Waals surface area (Å²) in [5.41, 5.74) is 1.11. The molecule has 2 aromatic carbocycles. The molecule has 4 atom stereocenters. The second kappa shape index (κ2) is 8.37. The summed E-state index contributed by atoms with van der Waals surface area (Å²) in [5.74, 6) is -0.210. The van der Waals surface area contributed by atoms with Crippen LogP contribution in [0.1, 0.15) is 24.3 Å². The van der Waals surface area contributed by atoms with Crippen molar-refractivity contribution in [3.05, 3.63) is 48.0 Å². The van der Waals surface area contributed by atoms with Gasteiger partial charge in [0.25, 0.3) is 10.0 Å². The van der Waals surface area contributed by atoms with Gasteiger partial charge in [0.15, 0.2) is 0 Å². The molecule has 0 aliphatic carbocycles. The molecule has 0 spiro atoms. The molecule has 1 fully saturated rings. The highest BCUT2D eigenvalue weighted by Gasteiger charge is 2.46. The Kier molecular flexibility index (Phi) is 5.78. The number of aliphatic hydroxyl groups is 1. The van der Waals surface area contributed by atoms with E-state index >= 15 is 0 Å². The maximum atomic E-state index is 12.8. The van der Waals surface area contributed by atoms with Crippen molar-refractivity contribution < 1.29 is 37.6 Å². The normalized spacial score (nSPS) is 24.6. The molecule has 2 aromatic rings. The predicted octanol–water partition coefficient (Wildman–Crippen LogP) is 1.97. The highest BCUT2D eigenvalue weighted by molar-refractivity contribution is 7.92. The van der Waals surface area contributed by atoms with Crippen LogP contribution in [0.25, 0.3) is 0 Å². The van der Waals surface area contributed by atoms with Crippen molar-refractivity contribution >= 4 is 21.7 Å². The average molecular weight is 449 g/mol. The molecule has 31 heavy (non-hydrogen) atoms. The minimum absolute atomic E-state index is 0.0643. The Balaban J connectivity index is 1.60. The van der Waals surface area contributed by atoms with Crippen LogP contribution in [-0.4, -0.2) is 56.6 Å². The Labute approximate surface area is 179 Å². The number of hydrogen-bond donors (Lipinski definition) is 3. The number of nitrogens with one attached hydrogen (secondary N) is 1. The van der Waals surface area contributed by atoms with Crippen LogP contribution in [0, 0.1) is 0 Å². The van der Waals surface area contributed by atoms with Crippen LogP contribution in [0.4, 0.5) is 5.69 Å². The van der Waals surface area contributed by atoms with Gasteiger partial charge in [-0.25, -0.2) is 8.42 Å². The van der Waals surface area contributed by atoms with Gasteiger partial charge in [0.1, 0.15) is 23.7 Å². The number of carbonyl (C=O) groups is 1.